The molecule has 2 aliphatic carbocycles. The number of aromatic amines is 2. The number of amides is 1. The fourth-order valence-corrected chi connectivity index (χ4v) is 5.21. The number of aromatic nitrogens is 2. The number of hydrogen-bond donors (Lipinski definition) is 4. The largest absolute Gasteiger partial charge is 0.364 e. The average molecular weight is 483 g/mol. The number of para-hydroxylation sites is 1. The van der Waals surface area contributed by atoms with E-state index < -0.39 is 5.91 Å². The third-order valence-electron chi connectivity index (χ3n) is 7.26. The summed E-state index contributed by atoms with van der Waals surface area (Å²) in [6.07, 6.45) is 22.5. The molecule has 5 rings (SSSR count). The number of nitrogens with zero attached hydrogens (tertiary/aromatic N) is 1. The number of carbonyl (C=O) groups is 1. The van der Waals surface area contributed by atoms with Gasteiger partial charge in [-0.2, -0.15) is 0 Å². The third kappa shape index (κ3) is 5.78. The van der Waals surface area contributed by atoms with E-state index in [-0.39, 0.29) is 0 Å². The molecule has 186 valence electrons. The Morgan fingerprint density at radius 3 is 2.69 bits per heavy atom. The normalized spacial score (nSPS) is 15.4. The van der Waals surface area contributed by atoms with Gasteiger partial charge in [0.25, 0.3) is 5.91 Å². The summed E-state index contributed by atoms with van der Waals surface area (Å²) >= 11 is 0. The quantitative estimate of drug-likeness (QED) is 0.181. The molecule has 6 heteroatoms. The zero-order chi connectivity index (χ0) is 24.7. The highest BCUT2D eigenvalue weighted by Gasteiger charge is 2.16. The van der Waals surface area contributed by atoms with Gasteiger partial charge in [0.15, 0.2) is 0 Å². The molecule has 0 saturated heterocycles. The summed E-state index contributed by atoms with van der Waals surface area (Å²) in [6, 6.07) is 8.51. The second-order valence-electron chi connectivity index (χ2n) is 9.66. The average Bonchev–Trinajstić information content (AvgIpc) is 3.53. The number of hydroxylamine groups is 1. The van der Waals surface area contributed by atoms with Crippen LogP contribution in [0.15, 0.2) is 78.2 Å². The second-order valence-corrected chi connectivity index (χ2v) is 9.66. The van der Waals surface area contributed by atoms with Crippen LogP contribution in [0.25, 0.3) is 17.0 Å². The molecular weight excluding hydrogens is 448 g/mol. The molecule has 36 heavy (non-hydrogen) atoms. The van der Waals surface area contributed by atoms with E-state index in [1.54, 1.807) is 11.6 Å². The van der Waals surface area contributed by atoms with Gasteiger partial charge < -0.3 is 9.97 Å². The summed E-state index contributed by atoms with van der Waals surface area (Å²) in [7, 11) is 0. The monoisotopic (exact) mass is 482 g/mol. The van der Waals surface area contributed by atoms with Gasteiger partial charge in [0.05, 0.1) is 0 Å². The first-order valence-corrected chi connectivity index (χ1v) is 12.8. The Morgan fingerprint density at radius 1 is 1.03 bits per heavy atom. The van der Waals surface area contributed by atoms with Gasteiger partial charge in [0.1, 0.15) is 0 Å². The minimum absolute atomic E-state index is 0.504. The molecule has 1 amide bonds. The zero-order valence-electron chi connectivity index (χ0n) is 20.6. The van der Waals surface area contributed by atoms with Crippen molar-refractivity contribution >= 4 is 22.9 Å². The molecule has 0 bridgehead atoms. The van der Waals surface area contributed by atoms with Crippen molar-refractivity contribution in [3.05, 3.63) is 101 Å². The first-order valence-electron chi connectivity index (χ1n) is 12.8. The predicted molar refractivity (Wildman–Crippen MR) is 145 cm³/mol. The molecule has 0 atom stereocenters. The van der Waals surface area contributed by atoms with Crippen LogP contribution in [0.3, 0.4) is 0 Å². The Hall–Kier alpha value is -3.61. The number of nitrogens with one attached hydrogen (secondary N) is 3. The maximum atomic E-state index is 11.3. The number of allylic oxidation sites excluding steroid dienone is 5. The molecule has 0 fully saturated rings. The van der Waals surface area contributed by atoms with E-state index in [2.05, 4.69) is 75.8 Å². The molecule has 0 unspecified atom stereocenters. The SMILES string of the molecule is O=C(/C=C/C1=CC=C(CN(CCc2c[nH]c3c2C=CCC3)CCc2c[nH]c3ccccc23)CC1)NO. The van der Waals surface area contributed by atoms with E-state index in [1.165, 1.54) is 44.9 Å². The number of aryl methyl sites for hydroxylation is 1. The van der Waals surface area contributed by atoms with Crippen molar-refractivity contribution in [2.45, 2.75) is 38.5 Å². The first-order chi connectivity index (χ1) is 17.7. The minimum atomic E-state index is -0.504. The molecule has 0 spiro atoms. The Labute approximate surface area is 212 Å². The topological polar surface area (TPSA) is 84.2 Å². The Bertz CT molecular complexity index is 1340. The van der Waals surface area contributed by atoms with Gasteiger partial charge in [-0.15, -0.1) is 0 Å². The van der Waals surface area contributed by atoms with Crippen molar-refractivity contribution in [2.75, 3.05) is 19.6 Å². The highest BCUT2D eigenvalue weighted by molar-refractivity contribution is 5.87. The lowest BCUT2D eigenvalue weighted by atomic mass is 9.97. The van der Waals surface area contributed by atoms with Crippen LogP contribution in [-0.2, 0) is 24.1 Å². The van der Waals surface area contributed by atoms with E-state index in [9.17, 15) is 4.79 Å². The lowest BCUT2D eigenvalue weighted by molar-refractivity contribution is -0.124. The summed E-state index contributed by atoms with van der Waals surface area (Å²) in [5.74, 6) is -0.504. The summed E-state index contributed by atoms with van der Waals surface area (Å²) in [5.41, 5.74) is 10.9. The van der Waals surface area contributed by atoms with Crippen molar-refractivity contribution in [3.8, 4) is 0 Å². The van der Waals surface area contributed by atoms with E-state index in [1.807, 2.05) is 0 Å². The minimum Gasteiger partial charge on any atom is -0.364 e. The van der Waals surface area contributed by atoms with Crippen molar-refractivity contribution in [1.82, 2.24) is 20.3 Å². The molecule has 4 N–H and O–H groups in total. The van der Waals surface area contributed by atoms with Crippen LogP contribution in [0.4, 0.5) is 0 Å². The van der Waals surface area contributed by atoms with Crippen LogP contribution in [0.2, 0.25) is 0 Å². The summed E-state index contributed by atoms with van der Waals surface area (Å²) in [5, 5.41) is 9.98. The van der Waals surface area contributed by atoms with Gasteiger partial charge >= 0.3 is 0 Å². The molecule has 0 radical (unpaired) electrons. The molecular formula is C30H34N4O2. The van der Waals surface area contributed by atoms with E-state index in [0.29, 0.717) is 0 Å². The fraction of sp³-hybridized carbons (Fsp3) is 0.300. The van der Waals surface area contributed by atoms with Gasteiger partial charge in [0.2, 0.25) is 0 Å². The van der Waals surface area contributed by atoms with Gasteiger partial charge in [0, 0.05) is 54.7 Å². The zero-order valence-corrected chi connectivity index (χ0v) is 20.6. The molecule has 0 aliphatic heterocycles. The molecule has 1 aromatic carbocycles. The standard InChI is InChI=1S/C30H34N4O2/c35-30(33-36)14-13-22-9-11-23(12-10-22)21-34(17-15-24-19-31-28-7-3-1-5-26(24)28)18-16-25-20-32-29-8-4-2-6-27(25)29/h1-3,5-7,9,11,13-14,19-20,31-32,36H,4,8,10,12,15-18,21H2,(H,33,35)/b14-13+. The van der Waals surface area contributed by atoms with E-state index >= 15 is 0 Å². The number of fused-ring (bicyclic) bond motifs is 2. The highest BCUT2D eigenvalue weighted by Crippen LogP contribution is 2.25. The maximum Gasteiger partial charge on any atom is 0.267 e. The van der Waals surface area contributed by atoms with Crippen LogP contribution in [0.5, 0.6) is 0 Å². The summed E-state index contributed by atoms with van der Waals surface area (Å²) in [4.78, 5) is 20.7. The van der Waals surface area contributed by atoms with Crippen LogP contribution in [-0.4, -0.2) is 45.6 Å². The second kappa shape index (κ2) is 11.4. The molecule has 0 saturated carbocycles. The van der Waals surface area contributed by atoms with Crippen molar-refractivity contribution < 1.29 is 10.0 Å². The van der Waals surface area contributed by atoms with Crippen LogP contribution in [0.1, 0.15) is 41.6 Å². The Kier molecular flexibility index (Phi) is 7.64. The van der Waals surface area contributed by atoms with Crippen molar-refractivity contribution in [1.29, 1.82) is 0 Å². The molecule has 2 aromatic heterocycles. The Balaban J connectivity index is 1.28. The van der Waals surface area contributed by atoms with Crippen molar-refractivity contribution in [2.24, 2.45) is 0 Å². The number of H-pyrrole nitrogens is 2. The van der Waals surface area contributed by atoms with Crippen LogP contribution >= 0.6 is 0 Å². The van der Waals surface area contributed by atoms with Gasteiger partial charge in [-0.05, 0) is 66.9 Å². The Morgan fingerprint density at radius 2 is 1.86 bits per heavy atom. The number of hydrogen-bond acceptors (Lipinski definition) is 3. The van der Waals surface area contributed by atoms with Gasteiger partial charge in [-0.1, -0.05) is 54.2 Å². The van der Waals surface area contributed by atoms with E-state index in [0.717, 1.165) is 63.7 Å². The lowest BCUT2D eigenvalue weighted by Gasteiger charge is -2.25. The number of benzene rings is 1. The molecule has 3 aromatic rings. The van der Waals surface area contributed by atoms with Crippen molar-refractivity contribution in [3.63, 3.8) is 0 Å². The first kappa shape index (κ1) is 24.1. The smallest absolute Gasteiger partial charge is 0.267 e. The summed E-state index contributed by atoms with van der Waals surface area (Å²) < 4.78 is 0. The lowest BCUT2D eigenvalue weighted by Crippen LogP contribution is -2.31. The maximum absolute atomic E-state index is 11.3. The predicted octanol–water partition coefficient (Wildman–Crippen LogP) is 5.25. The fourth-order valence-electron chi connectivity index (χ4n) is 5.21. The summed E-state index contributed by atoms with van der Waals surface area (Å²) in [6.45, 7) is 2.94. The highest BCUT2D eigenvalue weighted by atomic mass is 16.5. The van der Waals surface area contributed by atoms with Gasteiger partial charge in [-0.3, -0.25) is 14.9 Å². The van der Waals surface area contributed by atoms with Crippen LogP contribution in [0, 0.1) is 0 Å². The van der Waals surface area contributed by atoms with E-state index in [4.69, 9.17) is 5.21 Å². The molecule has 6 nitrogen and oxygen atoms in total. The third-order valence-corrected chi connectivity index (χ3v) is 7.26. The number of carbonyl (C=O) groups excluding carboxylic acids is 1. The molecule has 2 heterocycles. The number of rotatable bonds is 10. The molecule has 2 aliphatic rings. The van der Waals surface area contributed by atoms with Crippen LogP contribution < -0.4 is 5.48 Å². The van der Waals surface area contributed by atoms with Gasteiger partial charge in [-0.25, -0.2) is 5.48 Å².